The van der Waals surface area contributed by atoms with Crippen molar-refractivity contribution in [3.05, 3.63) is 59.7 Å². The Labute approximate surface area is 331 Å². The summed E-state index contributed by atoms with van der Waals surface area (Å²) in [5.74, 6) is -3.65. The Morgan fingerprint density at radius 3 is 2.03 bits per heavy atom. The van der Waals surface area contributed by atoms with Crippen molar-refractivity contribution in [2.45, 2.75) is 86.8 Å². The molecule has 2 aromatic rings. The number of rotatable bonds is 18. The lowest BCUT2D eigenvalue weighted by Crippen LogP contribution is -2.62. The first-order chi connectivity index (χ1) is 27.5. The Bertz CT molecular complexity index is 1750. The Morgan fingerprint density at radius 1 is 0.793 bits per heavy atom. The minimum Gasteiger partial charge on any atom is -0.504 e. The highest BCUT2D eigenvalue weighted by Gasteiger charge is 2.50. The molecule has 320 valence electrons. The Kier molecular flexibility index (Phi) is 16.4. The number of carbonyl (C=O) groups is 3. The number of phenols is 1. The van der Waals surface area contributed by atoms with Crippen LogP contribution in [0.2, 0.25) is 0 Å². The lowest BCUT2D eigenvalue weighted by molar-refractivity contribution is -0.326. The second kappa shape index (κ2) is 20.7. The van der Waals surface area contributed by atoms with Gasteiger partial charge in [-0.25, -0.2) is 4.79 Å². The van der Waals surface area contributed by atoms with Gasteiger partial charge < -0.3 is 83.9 Å². The molecule has 2 saturated heterocycles. The van der Waals surface area contributed by atoms with Crippen LogP contribution in [0.15, 0.2) is 48.6 Å². The average Bonchev–Trinajstić information content (AvgIpc) is 3.18. The van der Waals surface area contributed by atoms with Crippen molar-refractivity contribution in [3.63, 3.8) is 0 Å². The van der Waals surface area contributed by atoms with Crippen LogP contribution in [0.3, 0.4) is 0 Å². The zero-order valence-corrected chi connectivity index (χ0v) is 31.6. The van der Waals surface area contributed by atoms with E-state index in [1.807, 2.05) is 0 Å². The third-order valence-electron chi connectivity index (χ3n) is 9.06. The van der Waals surface area contributed by atoms with Crippen LogP contribution in [-0.2, 0) is 38.1 Å². The van der Waals surface area contributed by atoms with Gasteiger partial charge in [0.2, 0.25) is 12.0 Å². The summed E-state index contributed by atoms with van der Waals surface area (Å²) in [7, 11) is 2.74. The van der Waals surface area contributed by atoms with Crippen LogP contribution in [0.4, 0.5) is 0 Å². The van der Waals surface area contributed by atoms with Gasteiger partial charge in [0.25, 0.3) is 0 Å². The number of carbonyl (C=O) groups excluding carboxylic acids is 2. The van der Waals surface area contributed by atoms with Gasteiger partial charge in [-0.15, -0.1) is 0 Å². The predicted molar refractivity (Wildman–Crippen MR) is 195 cm³/mol. The standard InChI is InChI=1S/C38H48O20/c1-38(15-26(42)43,58-37-35(32(49)30(47)25(18-40)55-37)56-27(44)11-8-19-6-9-21(51-2)10-7-19)16-28(45)53-12-4-5-20-13-22(41)34(23(14-20)52-3)57-36-33(50)31(48)29(46)24(17-39)54-36/h4-11,13-14,24-25,29-33,35-37,39-41,46-50H,12,15-18H2,1-3H3,(H,42,43)/b5-4+,11-8+/t24-,25-,29-,30-,31+,32+,33-,35-,36+,37+,38-/m1/s1. The summed E-state index contributed by atoms with van der Waals surface area (Å²) in [6, 6.07) is 9.22. The van der Waals surface area contributed by atoms with Gasteiger partial charge in [-0.2, -0.15) is 0 Å². The molecule has 9 N–H and O–H groups in total. The maximum absolute atomic E-state index is 13.0. The van der Waals surface area contributed by atoms with Gasteiger partial charge >= 0.3 is 17.9 Å². The van der Waals surface area contributed by atoms with Crippen LogP contribution in [0.1, 0.15) is 30.9 Å². The number of carboxylic acid groups (broad SMARTS) is 1. The van der Waals surface area contributed by atoms with E-state index in [0.717, 1.165) is 6.08 Å². The average molecular weight is 825 g/mol. The van der Waals surface area contributed by atoms with Crippen LogP contribution in [0.25, 0.3) is 12.2 Å². The molecule has 0 aliphatic carbocycles. The van der Waals surface area contributed by atoms with Gasteiger partial charge in [0.1, 0.15) is 55.1 Å². The second-order valence-corrected chi connectivity index (χ2v) is 13.5. The Morgan fingerprint density at radius 2 is 1.43 bits per heavy atom. The first kappa shape index (κ1) is 45.8. The van der Waals surface area contributed by atoms with E-state index in [-0.39, 0.29) is 18.1 Å². The van der Waals surface area contributed by atoms with E-state index < -0.39 is 117 Å². The molecule has 11 atom stereocenters. The van der Waals surface area contributed by atoms with E-state index in [2.05, 4.69) is 0 Å². The summed E-state index contributed by atoms with van der Waals surface area (Å²) in [5.41, 5.74) is -1.03. The fourth-order valence-corrected chi connectivity index (χ4v) is 6.01. The van der Waals surface area contributed by atoms with E-state index in [9.17, 15) is 60.3 Å². The number of phenolic OH excluding ortho intramolecular Hbond substituents is 1. The lowest BCUT2D eigenvalue weighted by atomic mass is 9.95. The smallest absolute Gasteiger partial charge is 0.331 e. The number of aliphatic hydroxyl groups is 7. The maximum atomic E-state index is 13.0. The summed E-state index contributed by atoms with van der Waals surface area (Å²) >= 11 is 0. The summed E-state index contributed by atoms with van der Waals surface area (Å²) in [6.45, 7) is -0.644. The number of esters is 2. The molecule has 0 spiro atoms. The maximum Gasteiger partial charge on any atom is 0.331 e. The number of hydrogen-bond donors (Lipinski definition) is 9. The number of carboxylic acids is 1. The highest BCUT2D eigenvalue weighted by atomic mass is 16.7. The van der Waals surface area contributed by atoms with Crippen molar-refractivity contribution in [1.29, 1.82) is 0 Å². The molecule has 0 aromatic heterocycles. The number of hydrogen-bond acceptors (Lipinski definition) is 19. The number of aliphatic carboxylic acids is 1. The van der Waals surface area contributed by atoms with Crippen molar-refractivity contribution >= 4 is 30.1 Å². The van der Waals surface area contributed by atoms with Crippen molar-refractivity contribution < 1.29 is 98.2 Å². The zero-order valence-electron chi connectivity index (χ0n) is 31.6. The Hall–Kier alpha value is -4.87. The fourth-order valence-electron chi connectivity index (χ4n) is 6.01. The molecule has 20 nitrogen and oxygen atoms in total. The predicted octanol–water partition coefficient (Wildman–Crippen LogP) is -1.15. The van der Waals surface area contributed by atoms with Gasteiger partial charge in [-0.1, -0.05) is 18.2 Å². The van der Waals surface area contributed by atoms with Crippen LogP contribution in [0, 0.1) is 0 Å². The van der Waals surface area contributed by atoms with E-state index in [1.54, 1.807) is 24.3 Å². The highest BCUT2D eigenvalue weighted by Crippen LogP contribution is 2.40. The van der Waals surface area contributed by atoms with Gasteiger partial charge in [0.05, 0.1) is 45.9 Å². The van der Waals surface area contributed by atoms with Crippen molar-refractivity contribution in [1.82, 2.24) is 0 Å². The Balaban J connectivity index is 1.42. The molecule has 2 aliphatic rings. The summed E-state index contributed by atoms with van der Waals surface area (Å²) in [5, 5.41) is 91.3. The van der Waals surface area contributed by atoms with E-state index in [4.69, 9.17) is 37.9 Å². The van der Waals surface area contributed by atoms with Crippen LogP contribution in [-0.4, -0.2) is 165 Å². The minimum absolute atomic E-state index is 0.0570. The van der Waals surface area contributed by atoms with E-state index in [1.165, 1.54) is 51.5 Å². The molecule has 4 rings (SSSR count). The summed E-state index contributed by atoms with van der Waals surface area (Å²) in [6.07, 6.45) is -12.9. The highest BCUT2D eigenvalue weighted by molar-refractivity contribution is 5.87. The molecule has 20 heteroatoms. The van der Waals surface area contributed by atoms with Crippen LogP contribution >= 0.6 is 0 Å². The molecule has 0 radical (unpaired) electrons. The number of aromatic hydroxyl groups is 1. The van der Waals surface area contributed by atoms with Gasteiger partial charge in [0, 0.05) is 6.08 Å². The zero-order chi connectivity index (χ0) is 42.7. The first-order valence-corrected chi connectivity index (χ1v) is 17.8. The normalized spacial score (nSPS) is 28.4. The number of ether oxygens (including phenoxy) is 8. The molecule has 58 heavy (non-hydrogen) atoms. The van der Waals surface area contributed by atoms with E-state index in [0.29, 0.717) is 16.9 Å². The van der Waals surface area contributed by atoms with Crippen molar-refractivity contribution in [3.8, 4) is 23.0 Å². The minimum atomic E-state index is -1.92. The number of aliphatic hydroxyl groups excluding tert-OH is 7. The van der Waals surface area contributed by atoms with Crippen molar-refractivity contribution in [2.75, 3.05) is 34.0 Å². The second-order valence-electron chi connectivity index (χ2n) is 13.5. The SMILES string of the molecule is COc1ccc(/C=C/C(=O)O[C@H]2[C@H](O[C@](C)(CC(=O)O)CC(=O)OC/C=C/c3cc(O)c(O[C@@H]4O[C@H](CO)[C@@H](O)[C@H](O)[C@H]4O)c(OC)c3)O[C@H](CO)[C@@H](O)[C@@H]2O)cc1. The summed E-state index contributed by atoms with van der Waals surface area (Å²) < 4.78 is 43.3. The molecule has 2 heterocycles. The first-order valence-electron chi connectivity index (χ1n) is 17.8. The van der Waals surface area contributed by atoms with Crippen LogP contribution < -0.4 is 14.2 Å². The van der Waals surface area contributed by atoms with Crippen LogP contribution in [0.5, 0.6) is 23.0 Å². The molecule has 0 unspecified atom stereocenters. The third-order valence-corrected chi connectivity index (χ3v) is 9.06. The quantitative estimate of drug-likeness (QED) is 0.0633. The third kappa shape index (κ3) is 11.9. The largest absolute Gasteiger partial charge is 0.504 e. The molecule has 0 saturated carbocycles. The van der Waals surface area contributed by atoms with Crippen molar-refractivity contribution in [2.24, 2.45) is 0 Å². The van der Waals surface area contributed by atoms with Gasteiger partial charge in [0.15, 0.2) is 23.9 Å². The topological polar surface area (TPSA) is 307 Å². The monoisotopic (exact) mass is 824 g/mol. The summed E-state index contributed by atoms with van der Waals surface area (Å²) in [4.78, 5) is 37.7. The molecule has 2 aliphatic heterocycles. The molecule has 0 amide bonds. The lowest BCUT2D eigenvalue weighted by Gasteiger charge is -2.44. The molecule has 2 fully saturated rings. The van der Waals surface area contributed by atoms with E-state index >= 15 is 0 Å². The molecule has 0 bridgehead atoms. The fraction of sp³-hybridized carbons (Fsp3) is 0.500. The molecular formula is C38H48O20. The number of benzene rings is 2. The van der Waals surface area contributed by atoms with Gasteiger partial charge in [-0.3, -0.25) is 9.59 Å². The molecule has 2 aromatic carbocycles. The molecular weight excluding hydrogens is 776 g/mol. The van der Waals surface area contributed by atoms with Gasteiger partial charge in [-0.05, 0) is 54.5 Å². The number of methoxy groups -OCH3 is 2.